The Kier molecular flexibility index (Phi) is 3.57. The van der Waals surface area contributed by atoms with Crippen LogP contribution in [0.25, 0.3) is 0 Å². The first-order valence-electron chi connectivity index (χ1n) is 9.50. The molecular weight excluding hydrogens is 364 g/mol. The number of anilines is 1. The van der Waals surface area contributed by atoms with Gasteiger partial charge in [0.15, 0.2) is 0 Å². The molecule has 2 bridgehead atoms. The first-order valence-corrected chi connectivity index (χ1v) is 9.88. The second-order valence-electron chi connectivity index (χ2n) is 8.33. The van der Waals surface area contributed by atoms with E-state index in [2.05, 4.69) is 17.5 Å². The van der Waals surface area contributed by atoms with E-state index in [0.717, 1.165) is 12.0 Å². The number of carbonyl (C=O) groups is 3. The van der Waals surface area contributed by atoms with Gasteiger partial charge in [-0.05, 0) is 61.6 Å². The van der Waals surface area contributed by atoms with Gasteiger partial charge in [-0.2, -0.15) is 0 Å². The van der Waals surface area contributed by atoms with Crippen LogP contribution in [0.4, 0.5) is 5.69 Å². The van der Waals surface area contributed by atoms with E-state index in [9.17, 15) is 14.4 Å². The molecule has 4 aliphatic carbocycles. The van der Waals surface area contributed by atoms with Crippen molar-refractivity contribution in [1.29, 1.82) is 0 Å². The Morgan fingerprint density at radius 2 is 1.74 bits per heavy atom. The Labute approximate surface area is 162 Å². The highest BCUT2D eigenvalue weighted by molar-refractivity contribution is 6.31. The van der Waals surface area contributed by atoms with Crippen molar-refractivity contribution in [2.24, 2.45) is 35.5 Å². The number of halogens is 1. The van der Waals surface area contributed by atoms with Crippen LogP contribution in [0.3, 0.4) is 0 Å². The largest absolute Gasteiger partial charge is 0.324 e. The summed E-state index contributed by atoms with van der Waals surface area (Å²) >= 11 is 6.11. The van der Waals surface area contributed by atoms with Crippen molar-refractivity contribution in [2.75, 3.05) is 5.32 Å². The lowest BCUT2D eigenvalue weighted by molar-refractivity contribution is -0.146. The summed E-state index contributed by atoms with van der Waals surface area (Å²) in [4.78, 5) is 40.1. The van der Waals surface area contributed by atoms with E-state index in [-0.39, 0.29) is 41.4 Å². The molecule has 1 aromatic rings. The van der Waals surface area contributed by atoms with Crippen molar-refractivity contribution in [1.82, 2.24) is 4.90 Å². The van der Waals surface area contributed by atoms with Gasteiger partial charge in [-0.25, -0.2) is 0 Å². The molecule has 6 heteroatoms. The van der Waals surface area contributed by atoms with Gasteiger partial charge in [0.2, 0.25) is 17.7 Å². The monoisotopic (exact) mass is 384 g/mol. The van der Waals surface area contributed by atoms with Gasteiger partial charge in [0, 0.05) is 10.7 Å². The summed E-state index contributed by atoms with van der Waals surface area (Å²) in [6, 6.07) is 4.41. The van der Waals surface area contributed by atoms with Crippen LogP contribution in [-0.2, 0) is 14.4 Å². The quantitative estimate of drug-likeness (QED) is 0.643. The Morgan fingerprint density at radius 1 is 1.15 bits per heavy atom. The molecule has 6 rings (SSSR count). The molecular formula is C21H21ClN2O3. The Bertz CT molecular complexity index is 875. The minimum Gasteiger partial charge on any atom is -0.324 e. The molecule has 1 aliphatic heterocycles. The van der Waals surface area contributed by atoms with E-state index < -0.39 is 6.04 Å². The number of nitrogens with one attached hydrogen (secondary N) is 1. The molecule has 0 aromatic heterocycles. The number of imide groups is 1. The van der Waals surface area contributed by atoms with Crippen molar-refractivity contribution in [3.63, 3.8) is 0 Å². The smallest absolute Gasteiger partial charge is 0.247 e. The second kappa shape index (κ2) is 5.68. The third kappa shape index (κ3) is 2.34. The van der Waals surface area contributed by atoms with E-state index in [4.69, 9.17) is 11.6 Å². The van der Waals surface area contributed by atoms with Crippen LogP contribution in [0.5, 0.6) is 0 Å². The zero-order valence-electron chi connectivity index (χ0n) is 15.2. The lowest BCUT2D eigenvalue weighted by atomic mass is 9.63. The van der Waals surface area contributed by atoms with E-state index in [1.165, 1.54) is 4.90 Å². The molecule has 5 aliphatic rings. The van der Waals surface area contributed by atoms with Crippen molar-refractivity contribution >= 4 is 35.0 Å². The van der Waals surface area contributed by atoms with E-state index >= 15 is 0 Å². The summed E-state index contributed by atoms with van der Waals surface area (Å²) in [6.07, 6.45) is 5.39. The lowest BCUT2D eigenvalue weighted by Gasteiger charge is -2.37. The SMILES string of the molecule is Cc1ccc(NC(=O)[C@H](C)N2C(=O)[C@@H]3[C@H]4C=C[C@@H]([C@@H]5C[C@H]45)[C@@H]3C2=O)cc1Cl. The highest BCUT2D eigenvalue weighted by atomic mass is 35.5. The maximum Gasteiger partial charge on any atom is 0.247 e. The topological polar surface area (TPSA) is 66.5 Å². The Hall–Kier alpha value is -2.14. The van der Waals surface area contributed by atoms with Gasteiger partial charge in [-0.15, -0.1) is 0 Å². The summed E-state index contributed by atoms with van der Waals surface area (Å²) in [5.41, 5.74) is 1.47. The highest BCUT2D eigenvalue weighted by Crippen LogP contribution is 2.65. The number of hydrogen-bond acceptors (Lipinski definition) is 3. The number of rotatable bonds is 3. The number of aryl methyl sites for hydroxylation is 1. The molecule has 3 amide bonds. The van der Waals surface area contributed by atoms with Crippen LogP contribution in [0.2, 0.25) is 5.02 Å². The fourth-order valence-corrected chi connectivity index (χ4v) is 5.58. The third-order valence-corrected chi connectivity index (χ3v) is 7.31. The minimum absolute atomic E-state index is 0.164. The molecule has 7 atom stereocenters. The van der Waals surface area contributed by atoms with Crippen LogP contribution >= 0.6 is 11.6 Å². The predicted octanol–water partition coefficient (Wildman–Crippen LogP) is 3.03. The lowest BCUT2D eigenvalue weighted by Crippen LogP contribution is -2.46. The fraction of sp³-hybridized carbons (Fsp3) is 0.476. The average Bonchev–Trinajstić information content (AvgIpc) is 3.42. The van der Waals surface area contributed by atoms with Crippen LogP contribution in [0.1, 0.15) is 18.9 Å². The van der Waals surface area contributed by atoms with Gasteiger partial charge in [0.05, 0.1) is 11.8 Å². The number of nitrogens with zero attached hydrogens (tertiary/aromatic N) is 1. The van der Waals surface area contributed by atoms with E-state index in [1.807, 2.05) is 13.0 Å². The van der Waals surface area contributed by atoms with E-state index in [1.54, 1.807) is 19.1 Å². The molecule has 0 radical (unpaired) electrons. The zero-order valence-corrected chi connectivity index (χ0v) is 15.9. The molecule has 140 valence electrons. The number of carbonyl (C=O) groups excluding carboxylic acids is 3. The van der Waals surface area contributed by atoms with Crippen LogP contribution in [-0.4, -0.2) is 28.7 Å². The standard InChI is InChI=1S/C21H21ClN2O3/c1-9-3-4-11(7-16(9)22)23-19(25)10(2)24-20(26)17-12-5-6-13(15-8-14(12)15)18(17)21(24)27/h3-7,10,12-15,17-18H,8H2,1-2H3,(H,23,25)/t10-,12-,13-,14-,15+,17-,18+/m0/s1. The van der Waals surface area contributed by atoms with Crippen molar-refractivity contribution in [3.8, 4) is 0 Å². The van der Waals surface area contributed by atoms with Gasteiger partial charge >= 0.3 is 0 Å². The molecule has 3 fully saturated rings. The summed E-state index contributed by atoms with van der Waals surface area (Å²) in [5.74, 6) is 0.142. The number of likely N-dealkylation sites (tertiary alicyclic amines) is 1. The Balaban J connectivity index is 1.37. The summed E-state index contributed by atoms with van der Waals surface area (Å²) in [6.45, 7) is 3.50. The number of hydrogen-bond donors (Lipinski definition) is 1. The summed E-state index contributed by atoms with van der Waals surface area (Å²) < 4.78 is 0. The minimum atomic E-state index is -0.841. The first kappa shape index (κ1) is 17.0. The number of benzene rings is 1. The molecule has 1 heterocycles. The zero-order chi connectivity index (χ0) is 19.0. The normalized spacial score (nSPS) is 36.5. The predicted molar refractivity (Wildman–Crippen MR) is 101 cm³/mol. The molecule has 1 N–H and O–H groups in total. The molecule has 27 heavy (non-hydrogen) atoms. The molecule has 2 saturated carbocycles. The molecule has 1 aromatic carbocycles. The van der Waals surface area contributed by atoms with Gasteiger partial charge in [-0.1, -0.05) is 29.8 Å². The molecule has 0 spiro atoms. The van der Waals surface area contributed by atoms with Crippen LogP contribution < -0.4 is 5.32 Å². The molecule has 5 nitrogen and oxygen atoms in total. The third-order valence-electron chi connectivity index (χ3n) is 6.90. The van der Waals surface area contributed by atoms with Crippen LogP contribution in [0.15, 0.2) is 30.4 Å². The van der Waals surface area contributed by atoms with Gasteiger partial charge in [0.25, 0.3) is 0 Å². The first-order chi connectivity index (χ1) is 12.9. The van der Waals surface area contributed by atoms with Crippen molar-refractivity contribution in [3.05, 3.63) is 40.9 Å². The van der Waals surface area contributed by atoms with Gasteiger partial charge in [-0.3, -0.25) is 19.3 Å². The summed E-state index contributed by atoms with van der Waals surface area (Å²) in [7, 11) is 0. The fourth-order valence-electron chi connectivity index (χ4n) is 5.40. The highest BCUT2D eigenvalue weighted by Gasteiger charge is 2.67. The molecule has 0 unspecified atom stereocenters. The van der Waals surface area contributed by atoms with Crippen molar-refractivity contribution < 1.29 is 14.4 Å². The number of allylic oxidation sites excluding steroid dienone is 2. The molecule has 1 saturated heterocycles. The van der Waals surface area contributed by atoms with E-state index in [0.29, 0.717) is 22.5 Å². The average molecular weight is 385 g/mol. The van der Waals surface area contributed by atoms with Crippen molar-refractivity contribution in [2.45, 2.75) is 26.3 Å². The summed E-state index contributed by atoms with van der Waals surface area (Å²) in [5, 5.41) is 3.34. The van der Waals surface area contributed by atoms with Gasteiger partial charge < -0.3 is 5.32 Å². The van der Waals surface area contributed by atoms with Crippen LogP contribution in [0, 0.1) is 42.4 Å². The second-order valence-corrected chi connectivity index (χ2v) is 8.74. The maximum atomic E-state index is 13.1. The maximum absolute atomic E-state index is 13.1. The number of amides is 3. The van der Waals surface area contributed by atoms with Gasteiger partial charge in [0.1, 0.15) is 6.04 Å². The Morgan fingerprint density at radius 3 is 2.30 bits per heavy atom.